The first-order valence-corrected chi connectivity index (χ1v) is 7.73. The van der Waals surface area contributed by atoms with Gasteiger partial charge < -0.3 is 10.2 Å². The van der Waals surface area contributed by atoms with Gasteiger partial charge in [-0.25, -0.2) is 4.98 Å². The molecular formula is C18H21N3O. The summed E-state index contributed by atoms with van der Waals surface area (Å²) in [6, 6.07) is 9.80. The molecule has 2 heterocycles. The number of aryl methyl sites for hydroxylation is 2. The molecule has 1 aromatic carbocycles. The summed E-state index contributed by atoms with van der Waals surface area (Å²) in [7, 11) is 0. The van der Waals surface area contributed by atoms with Gasteiger partial charge in [0.15, 0.2) is 0 Å². The average Bonchev–Trinajstić information content (AvgIpc) is 3.05. The van der Waals surface area contributed by atoms with E-state index in [1.54, 1.807) is 12.3 Å². The lowest BCUT2D eigenvalue weighted by molar-refractivity contribution is 0.102. The standard InChI is InChI=1S/C18H21N3O/c1-13-5-6-14(2)17(11-13)20-18(22)16-8-7-15(12-19-16)21-9-3-4-10-21/h5-8,11-12H,3-4,9-10H2,1-2H3,(H,20,22). The van der Waals surface area contributed by atoms with Crippen LogP contribution in [0.2, 0.25) is 0 Å². The molecular weight excluding hydrogens is 274 g/mol. The first-order chi connectivity index (χ1) is 10.6. The first kappa shape index (κ1) is 14.6. The smallest absolute Gasteiger partial charge is 0.274 e. The predicted molar refractivity (Wildman–Crippen MR) is 89.6 cm³/mol. The van der Waals surface area contributed by atoms with E-state index in [1.165, 1.54) is 12.8 Å². The molecule has 1 fully saturated rings. The molecule has 1 aliphatic heterocycles. The van der Waals surface area contributed by atoms with Crippen molar-refractivity contribution in [3.8, 4) is 0 Å². The molecule has 1 aromatic heterocycles. The van der Waals surface area contributed by atoms with Gasteiger partial charge >= 0.3 is 0 Å². The third kappa shape index (κ3) is 3.11. The number of amides is 1. The Bertz CT molecular complexity index is 673. The lowest BCUT2D eigenvalue weighted by atomic mass is 10.1. The lowest BCUT2D eigenvalue weighted by Gasteiger charge is -2.17. The number of rotatable bonds is 3. The maximum Gasteiger partial charge on any atom is 0.274 e. The van der Waals surface area contributed by atoms with Crippen molar-refractivity contribution < 1.29 is 4.79 Å². The molecule has 0 saturated carbocycles. The minimum atomic E-state index is -0.165. The van der Waals surface area contributed by atoms with Crippen molar-refractivity contribution in [2.45, 2.75) is 26.7 Å². The molecule has 114 valence electrons. The normalized spacial score (nSPS) is 14.2. The number of benzene rings is 1. The third-order valence-corrected chi connectivity index (χ3v) is 4.09. The number of nitrogens with one attached hydrogen (secondary N) is 1. The number of carbonyl (C=O) groups excluding carboxylic acids is 1. The van der Waals surface area contributed by atoms with Crippen LogP contribution in [0.25, 0.3) is 0 Å². The number of hydrogen-bond acceptors (Lipinski definition) is 3. The highest BCUT2D eigenvalue weighted by molar-refractivity contribution is 6.03. The zero-order valence-electron chi connectivity index (χ0n) is 13.1. The van der Waals surface area contributed by atoms with Gasteiger partial charge in [0.25, 0.3) is 5.91 Å². The van der Waals surface area contributed by atoms with E-state index in [0.29, 0.717) is 5.69 Å². The van der Waals surface area contributed by atoms with Gasteiger partial charge in [0.2, 0.25) is 0 Å². The van der Waals surface area contributed by atoms with Crippen LogP contribution in [0.15, 0.2) is 36.5 Å². The SMILES string of the molecule is Cc1ccc(C)c(NC(=O)c2ccc(N3CCCC3)cn2)c1. The van der Waals surface area contributed by atoms with Crippen molar-refractivity contribution in [2.24, 2.45) is 0 Å². The summed E-state index contributed by atoms with van der Waals surface area (Å²) >= 11 is 0. The molecule has 0 spiro atoms. The zero-order valence-corrected chi connectivity index (χ0v) is 13.1. The maximum atomic E-state index is 12.3. The minimum Gasteiger partial charge on any atom is -0.370 e. The van der Waals surface area contributed by atoms with Gasteiger partial charge in [0.1, 0.15) is 5.69 Å². The van der Waals surface area contributed by atoms with Crippen LogP contribution in [0, 0.1) is 13.8 Å². The monoisotopic (exact) mass is 295 g/mol. The van der Waals surface area contributed by atoms with E-state index in [9.17, 15) is 4.79 Å². The Morgan fingerprint density at radius 1 is 1.14 bits per heavy atom. The Balaban J connectivity index is 1.73. The van der Waals surface area contributed by atoms with Gasteiger partial charge in [-0.15, -0.1) is 0 Å². The fourth-order valence-electron chi connectivity index (χ4n) is 2.74. The Morgan fingerprint density at radius 2 is 1.91 bits per heavy atom. The van der Waals surface area contributed by atoms with Crippen LogP contribution in [0.1, 0.15) is 34.5 Å². The van der Waals surface area contributed by atoms with Crippen molar-refractivity contribution in [1.82, 2.24) is 4.98 Å². The van der Waals surface area contributed by atoms with Crippen molar-refractivity contribution in [3.63, 3.8) is 0 Å². The number of aromatic nitrogens is 1. The van der Waals surface area contributed by atoms with Crippen LogP contribution in [0.3, 0.4) is 0 Å². The number of carbonyl (C=O) groups is 1. The Kier molecular flexibility index (Phi) is 4.09. The second-order valence-corrected chi connectivity index (χ2v) is 5.87. The first-order valence-electron chi connectivity index (χ1n) is 7.73. The van der Waals surface area contributed by atoms with Crippen molar-refractivity contribution in [2.75, 3.05) is 23.3 Å². The van der Waals surface area contributed by atoms with Gasteiger partial charge in [0.05, 0.1) is 11.9 Å². The Morgan fingerprint density at radius 3 is 2.59 bits per heavy atom. The molecule has 0 bridgehead atoms. The second kappa shape index (κ2) is 6.18. The summed E-state index contributed by atoms with van der Waals surface area (Å²) in [4.78, 5) is 18.9. The molecule has 0 atom stereocenters. The average molecular weight is 295 g/mol. The summed E-state index contributed by atoms with van der Waals surface area (Å²) < 4.78 is 0. The summed E-state index contributed by atoms with van der Waals surface area (Å²) in [5.74, 6) is -0.165. The molecule has 0 radical (unpaired) electrons. The van der Waals surface area contributed by atoms with Crippen molar-refractivity contribution in [3.05, 3.63) is 53.3 Å². The number of nitrogens with zero attached hydrogens (tertiary/aromatic N) is 2. The van der Waals surface area contributed by atoms with Crippen LogP contribution in [0.5, 0.6) is 0 Å². The molecule has 3 rings (SSSR count). The molecule has 4 heteroatoms. The Labute approximate surface area is 131 Å². The maximum absolute atomic E-state index is 12.3. The zero-order chi connectivity index (χ0) is 15.5. The summed E-state index contributed by atoms with van der Waals surface area (Å²) in [5, 5.41) is 2.94. The van der Waals surface area contributed by atoms with Gasteiger partial charge in [-0.3, -0.25) is 4.79 Å². The highest BCUT2D eigenvalue weighted by Gasteiger charge is 2.14. The lowest BCUT2D eigenvalue weighted by Crippen LogP contribution is -2.19. The van der Waals surface area contributed by atoms with Crippen molar-refractivity contribution in [1.29, 1.82) is 0 Å². The quantitative estimate of drug-likeness (QED) is 0.942. The van der Waals surface area contributed by atoms with E-state index in [0.717, 1.165) is 35.6 Å². The molecule has 22 heavy (non-hydrogen) atoms. The van der Waals surface area contributed by atoms with Crippen molar-refractivity contribution >= 4 is 17.3 Å². The van der Waals surface area contributed by atoms with E-state index in [1.807, 2.05) is 38.1 Å². The summed E-state index contributed by atoms with van der Waals surface area (Å²) in [6.07, 6.45) is 4.26. The number of pyridine rings is 1. The van der Waals surface area contributed by atoms with E-state index >= 15 is 0 Å². The van der Waals surface area contributed by atoms with Gasteiger partial charge in [-0.2, -0.15) is 0 Å². The highest BCUT2D eigenvalue weighted by Crippen LogP contribution is 2.20. The fourth-order valence-corrected chi connectivity index (χ4v) is 2.74. The van der Waals surface area contributed by atoms with Crippen LogP contribution in [0.4, 0.5) is 11.4 Å². The molecule has 1 aliphatic rings. The van der Waals surface area contributed by atoms with Gasteiger partial charge in [-0.05, 0) is 56.0 Å². The highest BCUT2D eigenvalue weighted by atomic mass is 16.1. The molecule has 1 amide bonds. The fraction of sp³-hybridized carbons (Fsp3) is 0.333. The predicted octanol–water partition coefficient (Wildman–Crippen LogP) is 3.55. The van der Waals surface area contributed by atoms with E-state index in [-0.39, 0.29) is 5.91 Å². The Hall–Kier alpha value is -2.36. The topological polar surface area (TPSA) is 45.2 Å². The molecule has 0 unspecified atom stereocenters. The van der Waals surface area contributed by atoms with E-state index < -0.39 is 0 Å². The summed E-state index contributed by atoms with van der Waals surface area (Å²) in [6.45, 7) is 6.16. The van der Waals surface area contributed by atoms with Gasteiger partial charge in [-0.1, -0.05) is 12.1 Å². The molecule has 4 nitrogen and oxygen atoms in total. The largest absolute Gasteiger partial charge is 0.370 e. The van der Waals surface area contributed by atoms with E-state index in [4.69, 9.17) is 0 Å². The van der Waals surface area contributed by atoms with Gasteiger partial charge in [0, 0.05) is 18.8 Å². The third-order valence-electron chi connectivity index (χ3n) is 4.09. The van der Waals surface area contributed by atoms with E-state index in [2.05, 4.69) is 15.2 Å². The second-order valence-electron chi connectivity index (χ2n) is 5.87. The van der Waals surface area contributed by atoms with Crippen LogP contribution < -0.4 is 10.2 Å². The number of anilines is 2. The summed E-state index contributed by atoms with van der Waals surface area (Å²) in [5.41, 5.74) is 4.56. The molecule has 1 N–H and O–H groups in total. The van der Waals surface area contributed by atoms with Crippen LogP contribution >= 0.6 is 0 Å². The minimum absolute atomic E-state index is 0.165. The molecule has 2 aromatic rings. The molecule has 0 aliphatic carbocycles. The van der Waals surface area contributed by atoms with Crippen LogP contribution in [-0.4, -0.2) is 24.0 Å². The molecule has 1 saturated heterocycles. The van der Waals surface area contributed by atoms with Crippen LogP contribution in [-0.2, 0) is 0 Å². The number of hydrogen-bond donors (Lipinski definition) is 1.